The van der Waals surface area contributed by atoms with E-state index < -0.39 is 19.7 Å². The first-order valence-electron chi connectivity index (χ1n) is 8.45. The Bertz CT molecular complexity index is 1200. The number of sulfone groups is 2. The fraction of sp³-hybridized carbons (Fsp3) is 0. The summed E-state index contributed by atoms with van der Waals surface area (Å²) in [6.45, 7) is 0. The molecule has 4 nitrogen and oxygen atoms in total. The monoisotopic (exact) mass is 410 g/mol. The summed E-state index contributed by atoms with van der Waals surface area (Å²) in [6, 6.07) is 24.7. The number of rotatable bonds is 6. The Morgan fingerprint density at radius 2 is 1.07 bits per heavy atom. The van der Waals surface area contributed by atoms with E-state index in [-0.39, 0.29) is 14.7 Å². The van der Waals surface area contributed by atoms with Crippen molar-refractivity contribution in [3.05, 3.63) is 113 Å². The number of allylic oxidation sites excluding steroid dienone is 1. The van der Waals surface area contributed by atoms with Crippen molar-refractivity contribution < 1.29 is 16.8 Å². The van der Waals surface area contributed by atoms with E-state index in [4.69, 9.17) is 0 Å². The predicted molar refractivity (Wildman–Crippen MR) is 111 cm³/mol. The van der Waals surface area contributed by atoms with E-state index in [1.807, 2.05) is 6.07 Å². The molecule has 0 aromatic heterocycles. The maximum Gasteiger partial charge on any atom is 0.206 e. The third kappa shape index (κ3) is 4.65. The smallest absolute Gasteiger partial charge is 0.206 e. The van der Waals surface area contributed by atoms with Crippen LogP contribution < -0.4 is 0 Å². The molecule has 0 fully saturated rings. The molecule has 0 N–H and O–H groups in total. The third-order valence-electron chi connectivity index (χ3n) is 3.96. The van der Waals surface area contributed by atoms with Crippen LogP contribution >= 0.6 is 0 Å². The van der Waals surface area contributed by atoms with Gasteiger partial charge in [0, 0.05) is 5.41 Å². The molecule has 3 aromatic carbocycles. The van der Waals surface area contributed by atoms with Crippen LogP contribution in [0.1, 0.15) is 5.56 Å². The number of hydrogen-bond donors (Lipinski definition) is 0. The zero-order chi connectivity index (χ0) is 20.0. The van der Waals surface area contributed by atoms with Crippen LogP contribution in [0.25, 0.3) is 6.08 Å². The molecule has 0 bridgehead atoms. The van der Waals surface area contributed by atoms with Gasteiger partial charge in [0.25, 0.3) is 0 Å². The maximum atomic E-state index is 13.1. The van der Waals surface area contributed by atoms with E-state index in [0.717, 1.165) is 11.5 Å². The molecule has 142 valence electrons. The average molecular weight is 411 g/mol. The van der Waals surface area contributed by atoms with Gasteiger partial charge in [-0.25, -0.2) is 16.8 Å². The number of hydrogen-bond acceptors (Lipinski definition) is 4. The lowest BCUT2D eigenvalue weighted by atomic mass is 10.2. The summed E-state index contributed by atoms with van der Waals surface area (Å²) >= 11 is 0. The van der Waals surface area contributed by atoms with Crippen LogP contribution in [-0.4, -0.2) is 16.8 Å². The first-order valence-corrected chi connectivity index (χ1v) is 11.5. The largest absolute Gasteiger partial charge is 0.219 e. The van der Waals surface area contributed by atoms with Gasteiger partial charge in [0.2, 0.25) is 9.84 Å². The summed E-state index contributed by atoms with van der Waals surface area (Å²) in [5.74, 6) is 0. The van der Waals surface area contributed by atoms with Crippen LogP contribution in [0.15, 0.2) is 117 Å². The second-order valence-corrected chi connectivity index (χ2v) is 9.72. The fourth-order valence-electron chi connectivity index (χ4n) is 2.51. The van der Waals surface area contributed by atoms with E-state index in [9.17, 15) is 16.8 Å². The summed E-state index contributed by atoms with van der Waals surface area (Å²) in [5.41, 5.74) is 0.652. The Morgan fingerprint density at radius 3 is 1.61 bits per heavy atom. The second-order valence-electron chi connectivity index (χ2n) is 5.93. The first kappa shape index (κ1) is 19.8. The Labute approximate surface area is 165 Å². The molecule has 0 atom stereocenters. The van der Waals surface area contributed by atoms with Crippen LogP contribution in [0.2, 0.25) is 0 Å². The van der Waals surface area contributed by atoms with E-state index >= 15 is 0 Å². The van der Waals surface area contributed by atoms with Gasteiger partial charge in [-0.2, -0.15) is 0 Å². The highest BCUT2D eigenvalue weighted by molar-refractivity contribution is 7.96. The molecule has 0 radical (unpaired) electrons. The molecule has 0 saturated carbocycles. The lowest BCUT2D eigenvalue weighted by molar-refractivity contribution is 0.603. The molecule has 3 rings (SSSR count). The Hall–Kier alpha value is -2.96. The highest BCUT2D eigenvalue weighted by Crippen LogP contribution is 2.24. The molecule has 28 heavy (non-hydrogen) atoms. The molecular weight excluding hydrogens is 392 g/mol. The predicted octanol–water partition coefficient (Wildman–Crippen LogP) is 4.49. The average Bonchev–Trinajstić information content (AvgIpc) is 2.73. The van der Waals surface area contributed by atoms with Crippen molar-refractivity contribution in [1.82, 2.24) is 0 Å². The molecule has 3 aromatic rings. The van der Waals surface area contributed by atoms with Gasteiger partial charge >= 0.3 is 0 Å². The highest BCUT2D eigenvalue weighted by atomic mass is 32.2. The minimum atomic E-state index is -3.89. The van der Waals surface area contributed by atoms with Gasteiger partial charge in [-0.3, -0.25) is 0 Å². The zero-order valence-electron chi connectivity index (χ0n) is 14.8. The topological polar surface area (TPSA) is 68.3 Å². The molecule has 0 spiro atoms. The molecule has 6 heteroatoms. The Morgan fingerprint density at radius 1 is 0.607 bits per heavy atom. The zero-order valence-corrected chi connectivity index (χ0v) is 16.5. The summed E-state index contributed by atoms with van der Waals surface area (Å²) in [6.07, 6.45) is 2.59. The SMILES string of the molecule is O=S(=O)(C=CC(=Cc1ccccc1)S(=O)(=O)c1ccccc1)c1ccccc1. The minimum absolute atomic E-state index is 0.0962. The molecule has 0 aliphatic heterocycles. The quantitative estimate of drug-likeness (QED) is 0.562. The van der Waals surface area contributed by atoms with Crippen LogP contribution in [0.4, 0.5) is 0 Å². The van der Waals surface area contributed by atoms with Crippen LogP contribution in [0.3, 0.4) is 0 Å². The normalized spacial score (nSPS) is 12.9. The standard InChI is InChI=1S/C22H18O4S2/c23-27(24,20-12-6-2-7-13-20)17-16-22(18-19-10-4-1-5-11-19)28(25,26)21-14-8-3-9-15-21/h1-18H. The van der Waals surface area contributed by atoms with Crippen LogP contribution in [0.5, 0.6) is 0 Å². The lowest BCUT2D eigenvalue weighted by Crippen LogP contribution is -2.04. The molecule has 0 heterocycles. The van der Waals surface area contributed by atoms with Gasteiger partial charge in [-0.1, -0.05) is 66.7 Å². The Balaban J connectivity index is 2.09. The van der Waals surface area contributed by atoms with Gasteiger partial charge in [0.15, 0.2) is 9.84 Å². The molecular formula is C22H18O4S2. The molecule has 0 aliphatic carbocycles. The highest BCUT2D eigenvalue weighted by Gasteiger charge is 2.20. The first-order chi connectivity index (χ1) is 13.4. The molecule has 0 saturated heterocycles. The fourth-order valence-corrected chi connectivity index (χ4v) is 4.94. The van der Waals surface area contributed by atoms with Gasteiger partial charge in [-0.05, 0) is 42.0 Å². The van der Waals surface area contributed by atoms with Crippen molar-refractivity contribution in [2.75, 3.05) is 0 Å². The van der Waals surface area contributed by atoms with Gasteiger partial charge in [0.1, 0.15) is 0 Å². The number of benzene rings is 3. The van der Waals surface area contributed by atoms with Crippen molar-refractivity contribution >= 4 is 25.8 Å². The van der Waals surface area contributed by atoms with Crippen molar-refractivity contribution in [2.45, 2.75) is 9.79 Å². The molecule has 0 aliphatic rings. The summed E-state index contributed by atoms with van der Waals surface area (Å²) in [7, 11) is -7.67. The van der Waals surface area contributed by atoms with Crippen molar-refractivity contribution in [3.63, 3.8) is 0 Å². The molecule has 0 unspecified atom stereocenters. The summed E-state index contributed by atoms with van der Waals surface area (Å²) in [5, 5.41) is 0.928. The van der Waals surface area contributed by atoms with Gasteiger partial charge < -0.3 is 0 Å². The van der Waals surface area contributed by atoms with Crippen LogP contribution in [0, 0.1) is 0 Å². The van der Waals surface area contributed by atoms with E-state index in [2.05, 4.69) is 0 Å². The van der Waals surface area contributed by atoms with E-state index in [1.165, 1.54) is 30.3 Å². The van der Waals surface area contributed by atoms with Crippen molar-refractivity contribution in [2.24, 2.45) is 0 Å². The van der Waals surface area contributed by atoms with Crippen LogP contribution in [-0.2, 0) is 19.7 Å². The second kappa shape index (κ2) is 8.37. The Kier molecular flexibility index (Phi) is 5.92. The van der Waals surface area contributed by atoms with Crippen molar-refractivity contribution in [3.8, 4) is 0 Å². The third-order valence-corrected chi connectivity index (χ3v) is 7.15. The van der Waals surface area contributed by atoms with Gasteiger partial charge in [0.05, 0.1) is 14.7 Å². The van der Waals surface area contributed by atoms with Crippen molar-refractivity contribution in [1.29, 1.82) is 0 Å². The summed E-state index contributed by atoms with van der Waals surface area (Å²) in [4.78, 5) is 0.0887. The lowest BCUT2D eigenvalue weighted by Gasteiger charge is -2.06. The molecule has 0 amide bonds. The minimum Gasteiger partial charge on any atom is -0.219 e. The van der Waals surface area contributed by atoms with E-state index in [1.54, 1.807) is 60.7 Å². The van der Waals surface area contributed by atoms with Gasteiger partial charge in [-0.15, -0.1) is 0 Å². The van der Waals surface area contributed by atoms with E-state index in [0.29, 0.717) is 5.56 Å². The summed E-state index contributed by atoms with van der Waals surface area (Å²) < 4.78 is 51.2. The maximum absolute atomic E-state index is 13.1.